The Hall–Kier alpha value is -1.65. The molecule has 2 heterocycles. The minimum Gasteiger partial charge on any atom is -0.369 e. The summed E-state index contributed by atoms with van der Waals surface area (Å²) in [4.78, 5) is 6.11. The number of rotatable bonds is 3. The lowest BCUT2D eigenvalue weighted by atomic mass is 10.1. The van der Waals surface area contributed by atoms with Gasteiger partial charge < -0.3 is 4.90 Å². The lowest BCUT2D eigenvalue weighted by Crippen LogP contribution is -2.47. The van der Waals surface area contributed by atoms with E-state index in [0.29, 0.717) is 12.2 Å². The van der Waals surface area contributed by atoms with Crippen LogP contribution in [0.25, 0.3) is 0 Å². The van der Waals surface area contributed by atoms with Crippen LogP contribution in [-0.2, 0) is 10.0 Å². The van der Waals surface area contributed by atoms with Gasteiger partial charge in [-0.05, 0) is 25.0 Å². The number of anilines is 1. The average Bonchev–Trinajstić information content (AvgIpc) is 2.37. The Kier molecular flexibility index (Phi) is 4.02. The number of pyridine rings is 1. The molecule has 0 aliphatic carbocycles. The molecule has 0 radical (unpaired) electrons. The predicted molar refractivity (Wildman–Crippen MR) is 72.2 cm³/mol. The van der Waals surface area contributed by atoms with Crippen molar-refractivity contribution in [2.75, 3.05) is 24.2 Å². The van der Waals surface area contributed by atoms with Crippen molar-refractivity contribution < 1.29 is 8.42 Å². The van der Waals surface area contributed by atoms with Gasteiger partial charge in [-0.1, -0.05) is 0 Å². The second-order valence-electron chi connectivity index (χ2n) is 4.69. The monoisotopic (exact) mass is 280 g/mol. The fraction of sp³-hybridized carbons (Fsp3) is 0.500. The molecular formula is C12H16N4O2S. The number of piperidine rings is 1. The van der Waals surface area contributed by atoms with Gasteiger partial charge in [-0.3, -0.25) is 0 Å². The molecule has 1 aromatic heterocycles. The molecule has 1 atom stereocenters. The maximum atomic E-state index is 11.2. The first-order valence-corrected chi connectivity index (χ1v) is 7.95. The van der Waals surface area contributed by atoms with E-state index in [2.05, 4.69) is 14.6 Å². The fourth-order valence-corrected chi connectivity index (χ4v) is 3.05. The molecule has 1 saturated heterocycles. The van der Waals surface area contributed by atoms with Crippen LogP contribution in [0.4, 0.5) is 5.69 Å². The van der Waals surface area contributed by atoms with Gasteiger partial charge >= 0.3 is 0 Å². The van der Waals surface area contributed by atoms with Crippen LogP contribution in [0.2, 0.25) is 0 Å². The number of hydrogen-bond acceptors (Lipinski definition) is 5. The summed E-state index contributed by atoms with van der Waals surface area (Å²) in [6.07, 6.45) is 4.59. The molecular weight excluding hydrogens is 264 g/mol. The molecule has 1 fully saturated rings. The van der Waals surface area contributed by atoms with Gasteiger partial charge in [-0.25, -0.2) is 18.1 Å². The summed E-state index contributed by atoms with van der Waals surface area (Å²) in [5.41, 5.74) is 1.30. The molecule has 6 nitrogen and oxygen atoms in total. The van der Waals surface area contributed by atoms with Crippen LogP contribution in [0.1, 0.15) is 18.5 Å². The minimum atomic E-state index is -3.18. The van der Waals surface area contributed by atoms with Crippen molar-refractivity contribution in [3.8, 4) is 6.07 Å². The van der Waals surface area contributed by atoms with Crippen molar-refractivity contribution in [2.45, 2.75) is 18.9 Å². The Balaban J connectivity index is 2.06. The number of aromatic nitrogens is 1. The van der Waals surface area contributed by atoms with E-state index in [-0.39, 0.29) is 6.04 Å². The number of sulfonamides is 1. The first-order valence-electron chi connectivity index (χ1n) is 6.06. The van der Waals surface area contributed by atoms with Crippen molar-refractivity contribution >= 4 is 15.7 Å². The highest BCUT2D eigenvalue weighted by Crippen LogP contribution is 2.19. The van der Waals surface area contributed by atoms with Crippen LogP contribution in [-0.4, -0.2) is 38.8 Å². The summed E-state index contributed by atoms with van der Waals surface area (Å²) in [6, 6.07) is 5.42. The summed E-state index contributed by atoms with van der Waals surface area (Å²) in [7, 11) is -3.18. The predicted octanol–water partition coefficient (Wildman–Crippen LogP) is 0.471. The van der Waals surface area contributed by atoms with E-state index in [1.165, 1.54) is 6.26 Å². The normalized spacial score (nSPS) is 20.0. The molecule has 1 aliphatic rings. The van der Waals surface area contributed by atoms with Crippen molar-refractivity contribution in [2.24, 2.45) is 0 Å². The van der Waals surface area contributed by atoms with E-state index in [1.807, 2.05) is 12.1 Å². The number of nitrogens with zero attached hydrogens (tertiary/aromatic N) is 3. The van der Waals surface area contributed by atoms with E-state index < -0.39 is 10.0 Å². The molecule has 2 rings (SSSR count). The van der Waals surface area contributed by atoms with Gasteiger partial charge in [-0.2, -0.15) is 5.26 Å². The van der Waals surface area contributed by atoms with E-state index in [9.17, 15) is 8.42 Å². The Morgan fingerprint density at radius 3 is 2.89 bits per heavy atom. The first-order chi connectivity index (χ1) is 8.98. The summed E-state index contributed by atoms with van der Waals surface area (Å²) in [6.45, 7) is 1.50. The third-order valence-electron chi connectivity index (χ3n) is 3.03. The van der Waals surface area contributed by atoms with Crippen molar-refractivity contribution in [1.29, 1.82) is 5.26 Å². The van der Waals surface area contributed by atoms with Crippen LogP contribution >= 0.6 is 0 Å². The van der Waals surface area contributed by atoms with E-state index in [0.717, 1.165) is 25.1 Å². The van der Waals surface area contributed by atoms with Crippen LogP contribution in [0, 0.1) is 11.3 Å². The second kappa shape index (κ2) is 5.55. The number of nitrogens with one attached hydrogen (secondary N) is 1. The summed E-state index contributed by atoms with van der Waals surface area (Å²) >= 11 is 0. The van der Waals surface area contributed by atoms with Gasteiger partial charge in [-0.15, -0.1) is 0 Å². The Bertz CT molecular complexity index is 577. The Morgan fingerprint density at radius 2 is 2.32 bits per heavy atom. The van der Waals surface area contributed by atoms with Crippen LogP contribution in [0.5, 0.6) is 0 Å². The van der Waals surface area contributed by atoms with Gasteiger partial charge in [0.1, 0.15) is 11.8 Å². The summed E-state index contributed by atoms with van der Waals surface area (Å²) in [5, 5.41) is 8.71. The van der Waals surface area contributed by atoms with E-state index in [1.54, 1.807) is 12.3 Å². The molecule has 7 heteroatoms. The minimum absolute atomic E-state index is 0.0700. The first kappa shape index (κ1) is 13.8. The van der Waals surface area contributed by atoms with Crippen molar-refractivity contribution in [3.63, 3.8) is 0 Å². The van der Waals surface area contributed by atoms with Crippen molar-refractivity contribution in [3.05, 3.63) is 24.0 Å². The largest absolute Gasteiger partial charge is 0.369 e. The molecule has 19 heavy (non-hydrogen) atoms. The fourth-order valence-electron chi connectivity index (χ4n) is 2.25. The van der Waals surface area contributed by atoms with Crippen molar-refractivity contribution in [1.82, 2.24) is 9.71 Å². The molecule has 0 amide bonds. The molecule has 0 bridgehead atoms. The molecule has 1 aromatic rings. The van der Waals surface area contributed by atoms with E-state index >= 15 is 0 Å². The topological polar surface area (TPSA) is 86.1 Å². The molecule has 0 unspecified atom stereocenters. The zero-order valence-corrected chi connectivity index (χ0v) is 11.5. The lowest BCUT2D eigenvalue weighted by molar-refractivity contribution is 0.467. The van der Waals surface area contributed by atoms with Crippen LogP contribution < -0.4 is 9.62 Å². The van der Waals surface area contributed by atoms with E-state index in [4.69, 9.17) is 5.26 Å². The highest BCUT2D eigenvalue weighted by Gasteiger charge is 2.22. The summed E-state index contributed by atoms with van der Waals surface area (Å²) < 4.78 is 25.1. The quantitative estimate of drug-likeness (QED) is 0.870. The molecule has 1 aliphatic heterocycles. The van der Waals surface area contributed by atoms with Gasteiger partial charge in [0.15, 0.2) is 0 Å². The molecule has 1 N–H and O–H groups in total. The zero-order chi connectivity index (χ0) is 13.9. The molecule has 0 saturated carbocycles. The smallest absolute Gasteiger partial charge is 0.209 e. The maximum Gasteiger partial charge on any atom is 0.209 e. The number of nitriles is 1. The number of hydrogen-bond donors (Lipinski definition) is 1. The van der Waals surface area contributed by atoms with Gasteiger partial charge in [0.25, 0.3) is 0 Å². The van der Waals surface area contributed by atoms with Crippen LogP contribution in [0.3, 0.4) is 0 Å². The summed E-state index contributed by atoms with van der Waals surface area (Å²) in [5.74, 6) is 0. The lowest BCUT2D eigenvalue weighted by Gasteiger charge is -2.34. The zero-order valence-electron chi connectivity index (χ0n) is 10.7. The van der Waals surface area contributed by atoms with Gasteiger partial charge in [0.05, 0.1) is 18.1 Å². The third-order valence-corrected chi connectivity index (χ3v) is 3.79. The van der Waals surface area contributed by atoms with Gasteiger partial charge in [0, 0.05) is 19.1 Å². The Labute approximate surface area is 113 Å². The van der Waals surface area contributed by atoms with Crippen LogP contribution in [0.15, 0.2) is 18.3 Å². The molecule has 0 aromatic carbocycles. The second-order valence-corrected chi connectivity index (χ2v) is 6.47. The Morgan fingerprint density at radius 1 is 1.53 bits per heavy atom. The highest BCUT2D eigenvalue weighted by molar-refractivity contribution is 7.88. The maximum absolute atomic E-state index is 11.2. The highest BCUT2D eigenvalue weighted by atomic mass is 32.2. The SMILES string of the molecule is CS(=O)(=O)N[C@@H]1CCCN(c2ccc(C#N)nc2)C1. The molecule has 0 spiro atoms. The average molecular weight is 280 g/mol. The standard InChI is InChI=1S/C12H16N4O2S/c1-19(17,18)15-11-3-2-6-16(9-11)12-5-4-10(7-13)14-8-12/h4-5,8,11,15H,2-3,6,9H2,1H3/t11-/m1/s1. The van der Waals surface area contributed by atoms with Gasteiger partial charge in [0.2, 0.25) is 10.0 Å². The third kappa shape index (κ3) is 3.91. The molecule has 102 valence electrons.